The van der Waals surface area contributed by atoms with Gasteiger partial charge in [0.25, 0.3) is 0 Å². The molecule has 0 spiro atoms. The summed E-state index contributed by atoms with van der Waals surface area (Å²) in [5.41, 5.74) is 2.36. The summed E-state index contributed by atoms with van der Waals surface area (Å²) in [6.45, 7) is 0.593. The van der Waals surface area contributed by atoms with Gasteiger partial charge in [0.1, 0.15) is 5.82 Å². The molecule has 0 aliphatic heterocycles. The van der Waals surface area contributed by atoms with Gasteiger partial charge in [0.2, 0.25) is 0 Å². The molecule has 0 radical (unpaired) electrons. The lowest BCUT2D eigenvalue weighted by atomic mass is 10.1. The number of rotatable bonds is 6. The highest BCUT2D eigenvalue weighted by molar-refractivity contribution is 5.79. The number of guanidine groups is 1. The maximum absolute atomic E-state index is 12.7. The number of alkyl halides is 2. The van der Waals surface area contributed by atoms with E-state index < -0.39 is 6.55 Å². The summed E-state index contributed by atoms with van der Waals surface area (Å²) >= 11 is 0. The zero-order valence-corrected chi connectivity index (χ0v) is 13.3. The van der Waals surface area contributed by atoms with Crippen molar-refractivity contribution in [2.24, 2.45) is 4.99 Å². The Morgan fingerprint density at radius 2 is 2.00 bits per heavy atom. The van der Waals surface area contributed by atoms with Crippen molar-refractivity contribution in [1.82, 2.24) is 20.2 Å². The third-order valence-corrected chi connectivity index (χ3v) is 3.40. The first-order chi connectivity index (χ1) is 11.1. The Bertz CT molecular complexity index is 634. The molecule has 1 heterocycles. The summed E-state index contributed by atoms with van der Waals surface area (Å²) in [5.74, 6) is 0.974. The lowest BCUT2D eigenvalue weighted by Gasteiger charge is -2.12. The molecule has 0 saturated heterocycles. The first-order valence-electron chi connectivity index (χ1n) is 7.40. The number of imidazole rings is 1. The quantitative estimate of drug-likeness (QED) is 0.635. The van der Waals surface area contributed by atoms with E-state index in [4.69, 9.17) is 0 Å². The molecule has 1 aromatic heterocycles. The van der Waals surface area contributed by atoms with Crippen LogP contribution in [-0.4, -0.2) is 29.1 Å². The number of nitrogens with one attached hydrogen (secondary N) is 2. The van der Waals surface area contributed by atoms with Gasteiger partial charge in [-0.1, -0.05) is 29.8 Å². The third-order valence-electron chi connectivity index (χ3n) is 3.40. The molecular weight excluding hydrogens is 300 g/mol. The van der Waals surface area contributed by atoms with Gasteiger partial charge in [0.05, 0.1) is 0 Å². The maximum Gasteiger partial charge on any atom is 0.319 e. The zero-order chi connectivity index (χ0) is 16.7. The molecule has 1 aromatic carbocycles. The second-order valence-electron chi connectivity index (χ2n) is 5.12. The number of aryl methyl sites for hydroxylation is 1. The van der Waals surface area contributed by atoms with Crippen molar-refractivity contribution in [3.05, 3.63) is 53.6 Å². The summed E-state index contributed by atoms with van der Waals surface area (Å²) in [6.07, 6.45) is 3.05. The van der Waals surface area contributed by atoms with Crippen LogP contribution in [0.4, 0.5) is 8.78 Å². The number of hydrogen-bond donors (Lipinski definition) is 2. The number of hydrogen-bond acceptors (Lipinski definition) is 2. The van der Waals surface area contributed by atoms with Gasteiger partial charge < -0.3 is 10.6 Å². The molecule has 0 aliphatic carbocycles. The van der Waals surface area contributed by atoms with Crippen LogP contribution in [0.2, 0.25) is 0 Å². The van der Waals surface area contributed by atoms with Crippen molar-refractivity contribution in [2.45, 2.75) is 26.4 Å². The summed E-state index contributed by atoms with van der Waals surface area (Å²) in [7, 11) is 1.67. The Hall–Kier alpha value is -2.44. The minimum atomic E-state index is -2.56. The van der Waals surface area contributed by atoms with Gasteiger partial charge in [-0.2, -0.15) is 8.78 Å². The molecule has 2 N–H and O–H groups in total. The maximum atomic E-state index is 12.7. The number of benzene rings is 1. The van der Waals surface area contributed by atoms with Crippen LogP contribution < -0.4 is 10.6 Å². The molecule has 2 rings (SSSR count). The van der Waals surface area contributed by atoms with Crippen LogP contribution >= 0.6 is 0 Å². The normalized spacial score (nSPS) is 11.8. The third kappa shape index (κ3) is 5.05. The molecule has 5 nitrogen and oxygen atoms in total. The standard InChI is InChI=1S/C16H21F2N5/c1-12-3-5-13(6-4-12)11-22-16(19-2)21-8-7-14-20-9-10-23(14)15(17)18/h3-6,9-10,15H,7-8,11H2,1-2H3,(H2,19,21,22). The Balaban J connectivity index is 1.79. The molecule has 0 atom stereocenters. The average molecular weight is 321 g/mol. The number of aliphatic imine (C=N–C) groups is 1. The van der Waals surface area contributed by atoms with Crippen LogP contribution in [0.25, 0.3) is 0 Å². The summed E-state index contributed by atoms with van der Waals surface area (Å²) in [6, 6.07) is 8.21. The molecule has 0 aliphatic rings. The van der Waals surface area contributed by atoms with Gasteiger partial charge in [-0.3, -0.25) is 9.56 Å². The van der Waals surface area contributed by atoms with Crippen LogP contribution in [-0.2, 0) is 13.0 Å². The van der Waals surface area contributed by atoms with Crippen molar-refractivity contribution in [3.63, 3.8) is 0 Å². The highest BCUT2D eigenvalue weighted by Gasteiger charge is 2.10. The molecule has 0 bridgehead atoms. The van der Waals surface area contributed by atoms with Gasteiger partial charge in [-0.05, 0) is 12.5 Å². The molecule has 23 heavy (non-hydrogen) atoms. The van der Waals surface area contributed by atoms with Crippen LogP contribution in [0.15, 0.2) is 41.7 Å². The summed E-state index contributed by atoms with van der Waals surface area (Å²) in [5, 5.41) is 6.28. The van der Waals surface area contributed by atoms with Gasteiger partial charge in [0.15, 0.2) is 5.96 Å². The fourth-order valence-corrected chi connectivity index (χ4v) is 2.12. The van der Waals surface area contributed by atoms with E-state index in [1.54, 1.807) is 7.05 Å². The zero-order valence-electron chi connectivity index (χ0n) is 13.3. The SMILES string of the molecule is CN=C(NCCc1nccn1C(F)F)NCc1ccc(C)cc1. The summed E-state index contributed by atoms with van der Waals surface area (Å²) in [4.78, 5) is 8.06. The van der Waals surface area contributed by atoms with Gasteiger partial charge in [-0.15, -0.1) is 0 Å². The first kappa shape index (κ1) is 16.9. The predicted molar refractivity (Wildman–Crippen MR) is 86.6 cm³/mol. The molecule has 7 heteroatoms. The van der Waals surface area contributed by atoms with E-state index in [2.05, 4.69) is 44.9 Å². The smallest absolute Gasteiger partial charge is 0.319 e. The molecule has 0 amide bonds. The number of aromatic nitrogens is 2. The Kier molecular flexibility index (Phi) is 6.08. The minimum absolute atomic E-state index is 0.349. The van der Waals surface area contributed by atoms with E-state index in [1.807, 2.05) is 6.92 Å². The fraction of sp³-hybridized carbons (Fsp3) is 0.375. The Morgan fingerprint density at radius 3 is 2.65 bits per heavy atom. The first-order valence-corrected chi connectivity index (χ1v) is 7.40. The van der Waals surface area contributed by atoms with Crippen LogP contribution in [0.1, 0.15) is 23.5 Å². The minimum Gasteiger partial charge on any atom is -0.356 e. The van der Waals surface area contributed by atoms with Crippen LogP contribution in [0.3, 0.4) is 0 Å². The van der Waals surface area contributed by atoms with Crippen molar-refractivity contribution in [1.29, 1.82) is 0 Å². The Labute approximate surface area is 134 Å². The highest BCUT2D eigenvalue weighted by Crippen LogP contribution is 2.12. The fourth-order valence-electron chi connectivity index (χ4n) is 2.12. The van der Waals surface area contributed by atoms with Gasteiger partial charge >= 0.3 is 6.55 Å². The van der Waals surface area contributed by atoms with Crippen molar-refractivity contribution < 1.29 is 8.78 Å². The second kappa shape index (κ2) is 8.26. The van der Waals surface area contributed by atoms with Crippen LogP contribution in [0, 0.1) is 6.92 Å². The van der Waals surface area contributed by atoms with E-state index in [-0.39, 0.29) is 0 Å². The number of nitrogens with zero attached hydrogens (tertiary/aromatic N) is 3. The second-order valence-corrected chi connectivity index (χ2v) is 5.12. The molecule has 124 valence electrons. The monoisotopic (exact) mass is 321 g/mol. The van der Waals surface area contributed by atoms with Crippen molar-refractivity contribution in [3.8, 4) is 0 Å². The van der Waals surface area contributed by atoms with Crippen molar-refractivity contribution in [2.75, 3.05) is 13.6 Å². The Morgan fingerprint density at radius 1 is 1.26 bits per heavy atom. The molecule has 0 unspecified atom stereocenters. The lowest BCUT2D eigenvalue weighted by molar-refractivity contribution is 0.0670. The highest BCUT2D eigenvalue weighted by atomic mass is 19.3. The lowest BCUT2D eigenvalue weighted by Crippen LogP contribution is -2.38. The van der Waals surface area contributed by atoms with Crippen molar-refractivity contribution >= 4 is 5.96 Å². The van der Waals surface area contributed by atoms with E-state index in [0.29, 0.717) is 31.3 Å². The van der Waals surface area contributed by atoms with Crippen LogP contribution in [0.5, 0.6) is 0 Å². The number of halogens is 2. The van der Waals surface area contributed by atoms with Gasteiger partial charge in [0, 0.05) is 39.0 Å². The van der Waals surface area contributed by atoms with E-state index in [0.717, 1.165) is 10.1 Å². The molecule has 0 saturated carbocycles. The largest absolute Gasteiger partial charge is 0.356 e. The van der Waals surface area contributed by atoms with E-state index in [9.17, 15) is 8.78 Å². The van der Waals surface area contributed by atoms with E-state index >= 15 is 0 Å². The molecule has 0 fully saturated rings. The summed E-state index contributed by atoms with van der Waals surface area (Å²) < 4.78 is 26.3. The average Bonchev–Trinajstić information content (AvgIpc) is 3.01. The van der Waals surface area contributed by atoms with E-state index in [1.165, 1.54) is 18.0 Å². The molecule has 2 aromatic rings. The topological polar surface area (TPSA) is 54.2 Å². The predicted octanol–water partition coefficient (Wildman–Crippen LogP) is 2.49. The molecular formula is C16H21F2N5. The van der Waals surface area contributed by atoms with Gasteiger partial charge in [-0.25, -0.2) is 4.98 Å².